The van der Waals surface area contributed by atoms with Crippen LogP contribution in [0.25, 0.3) is 0 Å². The topological polar surface area (TPSA) is 58.4 Å². The summed E-state index contributed by atoms with van der Waals surface area (Å²) >= 11 is 0. The number of nitrogens with zero attached hydrogens (tertiary/aromatic N) is 1. The number of nitrogens with one attached hydrogen (secondary N) is 1. The molecule has 0 aromatic heterocycles. The molecule has 0 spiro atoms. The van der Waals surface area contributed by atoms with Crippen molar-refractivity contribution in [3.05, 3.63) is 35.1 Å². The summed E-state index contributed by atoms with van der Waals surface area (Å²) in [4.78, 5) is 13.9. The molecule has 142 valence electrons. The Balaban J connectivity index is 0.00000312. The zero-order valence-corrected chi connectivity index (χ0v) is 14.4. The van der Waals surface area contributed by atoms with E-state index in [9.17, 15) is 22.4 Å². The minimum absolute atomic E-state index is 0. The van der Waals surface area contributed by atoms with Crippen molar-refractivity contribution < 1.29 is 22.4 Å². The molecular weight excluding hydrogens is 362 g/mol. The molecule has 1 saturated heterocycles. The molecule has 4 nitrogen and oxygen atoms in total. The summed E-state index contributed by atoms with van der Waals surface area (Å²) in [5.74, 6) is -1.23. The predicted octanol–water partition coefficient (Wildman–Crippen LogP) is 2.55. The van der Waals surface area contributed by atoms with Gasteiger partial charge in [-0.15, -0.1) is 12.4 Å². The lowest BCUT2D eigenvalue weighted by Gasteiger charge is -2.32. The van der Waals surface area contributed by atoms with E-state index in [1.54, 1.807) is 0 Å². The van der Waals surface area contributed by atoms with E-state index in [1.807, 2.05) is 4.90 Å². The molecule has 1 unspecified atom stereocenters. The van der Waals surface area contributed by atoms with E-state index in [4.69, 9.17) is 5.73 Å². The van der Waals surface area contributed by atoms with Crippen LogP contribution in [-0.2, 0) is 17.5 Å². The molecule has 1 aliphatic heterocycles. The van der Waals surface area contributed by atoms with Crippen molar-refractivity contribution in [1.82, 2.24) is 10.2 Å². The molecule has 1 atom stereocenters. The summed E-state index contributed by atoms with van der Waals surface area (Å²) in [6.45, 7) is 2.04. The normalized spacial score (nSPS) is 18.5. The Bertz CT molecular complexity index is 583. The molecule has 2 rings (SSSR count). The second-order valence-corrected chi connectivity index (χ2v) is 6.00. The van der Waals surface area contributed by atoms with Gasteiger partial charge in [0.2, 0.25) is 5.91 Å². The van der Waals surface area contributed by atoms with Crippen molar-refractivity contribution in [3.63, 3.8) is 0 Å². The number of alkyl halides is 3. The number of benzene rings is 1. The fraction of sp³-hybridized carbons (Fsp3) is 0.562. The van der Waals surface area contributed by atoms with E-state index in [2.05, 4.69) is 5.32 Å². The van der Waals surface area contributed by atoms with E-state index >= 15 is 0 Å². The lowest BCUT2D eigenvalue weighted by atomic mass is 9.96. The monoisotopic (exact) mass is 383 g/mol. The number of nitrogens with two attached hydrogens (primary N) is 1. The Labute approximate surface area is 150 Å². The lowest BCUT2D eigenvalue weighted by Crippen LogP contribution is -2.43. The molecule has 1 heterocycles. The molecule has 25 heavy (non-hydrogen) atoms. The number of rotatable bonds is 5. The first-order valence-electron chi connectivity index (χ1n) is 7.86. The average Bonchev–Trinajstić information content (AvgIpc) is 2.51. The van der Waals surface area contributed by atoms with Crippen LogP contribution in [0.4, 0.5) is 17.6 Å². The van der Waals surface area contributed by atoms with Crippen LogP contribution in [0, 0.1) is 11.7 Å². The van der Waals surface area contributed by atoms with Crippen LogP contribution in [0.1, 0.15) is 24.0 Å². The van der Waals surface area contributed by atoms with E-state index in [-0.39, 0.29) is 36.3 Å². The number of halogens is 5. The molecule has 0 bridgehead atoms. The van der Waals surface area contributed by atoms with Gasteiger partial charge in [0.25, 0.3) is 0 Å². The maximum Gasteiger partial charge on any atom is 0.416 e. The first kappa shape index (κ1) is 21.7. The molecule has 9 heteroatoms. The SMILES string of the molecule is Cl.NCCNC(=O)C1CCCN(Cc2cc(F)cc(C(F)(F)F)c2)C1. The van der Waals surface area contributed by atoms with Crippen molar-refractivity contribution in [3.8, 4) is 0 Å². The van der Waals surface area contributed by atoms with Crippen molar-refractivity contribution >= 4 is 18.3 Å². The summed E-state index contributed by atoms with van der Waals surface area (Å²) in [5, 5.41) is 2.73. The Kier molecular flexibility index (Phi) is 8.11. The summed E-state index contributed by atoms with van der Waals surface area (Å²) < 4.78 is 51.8. The third kappa shape index (κ3) is 6.45. The average molecular weight is 384 g/mol. The van der Waals surface area contributed by atoms with Crippen LogP contribution in [0.5, 0.6) is 0 Å². The third-order valence-electron chi connectivity index (χ3n) is 4.01. The fourth-order valence-electron chi connectivity index (χ4n) is 2.92. The Morgan fingerprint density at radius 3 is 2.68 bits per heavy atom. The van der Waals surface area contributed by atoms with Crippen LogP contribution in [0.15, 0.2) is 18.2 Å². The van der Waals surface area contributed by atoms with Crippen molar-refractivity contribution in [2.24, 2.45) is 11.7 Å². The van der Waals surface area contributed by atoms with Gasteiger partial charge in [0.1, 0.15) is 5.82 Å². The number of amides is 1. The van der Waals surface area contributed by atoms with Crippen molar-refractivity contribution in [2.45, 2.75) is 25.6 Å². The van der Waals surface area contributed by atoms with Gasteiger partial charge < -0.3 is 11.1 Å². The molecule has 1 aromatic carbocycles. The highest BCUT2D eigenvalue weighted by Crippen LogP contribution is 2.31. The van der Waals surface area contributed by atoms with Gasteiger partial charge in [-0.3, -0.25) is 9.69 Å². The second kappa shape index (κ2) is 9.35. The Hall–Kier alpha value is -1.38. The van der Waals surface area contributed by atoms with E-state index in [1.165, 1.54) is 0 Å². The first-order valence-corrected chi connectivity index (χ1v) is 7.86. The lowest BCUT2D eigenvalue weighted by molar-refractivity contribution is -0.137. The van der Waals surface area contributed by atoms with Crippen LogP contribution in [-0.4, -0.2) is 37.0 Å². The number of piperidine rings is 1. The van der Waals surface area contributed by atoms with E-state index < -0.39 is 17.6 Å². The van der Waals surface area contributed by atoms with Gasteiger partial charge in [0, 0.05) is 26.2 Å². The first-order chi connectivity index (χ1) is 11.3. The molecule has 1 fully saturated rings. The smallest absolute Gasteiger partial charge is 0.355 e. The summed E-state index contributed by atoms with van der Waals surface area (Å²) in [7, 11) is 0. The molecule has 1 aliphatic rings. The molecule has 3 N–H and O–H groups in total. The third-order valence-corrected chi connectivity index (χ3v) is 4.01. The van der Waals surface area contributed by atoms with Crippen LogP contribution >= 0.6 is 12.4 Å². The number of carbonyl (C=O) groups excluding carboxylic acids is 1. The number of hydrogen-bond donors (Lipinski definition) is 2. The van der Waals surface area contributed by atoms with Crippen LogP contribution in [0.2, 0.25) is 0 Å². The van der Waals surface area contributed by atoms with Gasteiger partial charge in [0.05, 0.1) is 11.5 Å². The van der Waals surface area contributed by atoms with E-state index in [0.717, 1.165) is 25.0 Å². The van der Waals surface area contributed by atoms with Gasteiger partial charge in [-0.1, -0.05) is 0 Å². The number of carbonyl (C=O) groups is 1. The molecule has 0 radical (unpaired) electrons. The maximum atomic E-state index is 13.5. The number of likely N-dealkylation sites (tertiary alicyclic amines) is 1. The van der Waals surface area contributed by atoms with Gasteiger partial charge in [0.15, 0.2) is 0 Å². The number of hydrogen-bond acceptors (Lipinski definition) is 3. The van der Waals surface area contributed by atoms with Gasteiger partial charge in [-0.05, 0) is 43.1 Å². The summed E-state index contributed by atoms with van der Waals surface area (Å²) in [6.07, 6.45) is -3.09. The highest BCUT2D eigenvalue weighted by molar-refractivity contribution is 5.85. The Morgan fingerprint density at radius 2 is 2.04 bits per heavy atom. The summed E-state index contributed by atoms with van der Waals surface area (Å²) in [6, 6.07) is 2.55. The van der Waals surface area contributed by atoms with E-state index in [0.29, 0.717) is 32.2 Å². The molecule has 1 aromatic rings. The molecule has 1 amide bonds. The van der Waals surface area contributed by atoms with Crippen molar-refractivity contribution in [2.75, 3.05) is 26.2 Å². The van der Waals surface area contributed by atoms with Crippen molar-refractivity contribution in [1.29, 1.82) is 0 Å². The summed E-state index contributed by atoms with van der Waals surface area (Å²) in [5.41, 5.74) is 4.61. The highest BCUT2D eigenvalue weighted by atomic mass is 35.5. The largest absolute Gasteiger partial charge is 0.416 e. The minimum Gasteiger partial charge on any atom is -0.355 e. The maximum absolute atomic E-state index is 13.5. The zero-order valence-electron chi connectivity index (χ0n) is 13.6. The molecule has 0 saturated carbocycles. The standard InChI is InChI=1S/C16H21F4N3O.ClH/c17-14-7-11(6-13(8-14)16(18,19)20)9-23-5-1-2-12(10-23)15(24)22-4-3-21;/h6-8,12H,1-5,9-10,21H2,(H,22,24);1H. The molecule has 0 aliphatic carbocycles. The predicted molar refractivity (Wildman–Crippen MR) is 88.7 cm³/mol. The quantitative estimate of drug-likeness (QED) is 0.768. The van der Waals surface area contributed by atoms with Crippen LogP contribution in [0.3, 0.4) is 0 Å². The van der Waals surface area contributed by atoms with Gasteiger partial charge >= 0.3 is 6.18 Å². The molecular formula is C16H22ClF4N3O. The van der Waals surface area contributed by atoms with Crippen LogP contribution < -0.4 is 11.1 Å². The fourth-order valence-corrected chi connectivity index (χ4v) is 2.92. The second-order valence-electron chi connectivity index (χ2n) is 6.00. The zero-order chi connectivity index (χ0) is 17.7. The highest BCUT2D eigenvalue weighted by Gasteiger charge is 2.32. The van der Waals surface area contributed by atoms with Gasteiger partial charge in [-0.25, -0.2) is 4.39 Å². The van der Waals surface area contributed by atoms with Gasteiger partial charge in [-0.2, -0.15) is 13.2 Å². The minimum atomic E-state index is -4.58. The Morgan fingerprint density at radius 1 is 1.32 bits per heavy atom.